The Labute approximate surface area is 75.4 Å². The fraction of sp³-hybridized carbons (Fsp3) is 0.571. The summed E-state index contributed by atoms with van der Waals surface area (Å²) in [5, 5.41) is 17.6. The molecule has 0 saturated heterocycles. The van der Waals surface area contributed by atoms with Crippen LogP contribution in [-0.4, -0.2) is 38.8 Å². The van der Waals surface area contributed by atoms with E-state index < -0.39 is 6.10 Å². The summed E-state index contributed by atoms with van der Waals surface area (Å²) in [7, 11) is 0. The molecule has 0 aromatic carbocycles. The molecule has 0 saturated carbocycles. The smallest absolute Gasteiger partial charge is 0.288 e. The minimum absolute atomic E-state index is 0.156. The van der Waals surface area contributed by atoms with Gasteiger partial charge >= 0.3 is 0 Å². The summed E-state index contributed by atoms with van der Waals surface area (Å²) in [5.41, 5.74) is 0. The van der Waals surface area contributed by atoms with Crippen molar-refractivity contribution in [3.8, 4) is 0 Å². The normalized spacial score (nSPS) is 12.5. The molecule has 0 aliphatic rings. The van der Waals surface area contributed by atoms with E-state index in [2.05, 4.69) is 20.5 Å². The van der Waals surface area contributed by atoms with Gasteiger partial charge in [0.1, 0.15) is 6.33 Å². The second-order valence-corrected chi connectivity index (χ2v) is 2.61. The van der Waals surface area contributed by atoms with Crippen LogP contribution in [0.15, 0.2) is 6.33 Å². The predicted molar refractivity (Wildman–Crippen MR) is 45.0 cm³/mol. The lowest BCUT2D eigenvalue weighted by Gasteiger charge is -2.07. The number of aromatic nitrogens is 3. The molecule has 0 bridgehead atoms. The van der Waals surface area contributed by atoms with Gasteiger partial charge in [-0.15, -0.1) is 0 Å². The van der Waals surface area contributed by atoms with Crippen LogP contribution in [-0.2, 0) is 0 Å². The monoisotopic (exact) mass is 184 g/mol. The lowest BCUT2D eigenvalue weighted by atomic mass is 10.3. The van der Waals surface area contributed by atoms with E-state index in [0.717, 1.165) is 0 Å². The Morgan fingerprint density at radius 1 is 1.85 bits per heavy atom. The fourth-order valence-corrected chi connectivity index (χ4v) is 0.753. The Hall–Kier alpha value is -1.43. The Balaban J connectivity index is 2.35. The molecule has 3 N–H and O–H groups in total. The summed E-state index contributed by atoms with van der Waals surface area (Å²) in [4.78, 5) is 14.8. The molecule has 6 nitrogen and oxygen atoms in total. The van der Waals surface area contributed by atoms with Crippen molar-refractivity contribution in [2.75, 3.05) is 6.54 Å². The number of aromatic amines is 1. The van der Waals surface area contributed by atoms with Crippen LogP contribution in [0.3, 0.4) is 0 Å². The molecule has 0 radical (unpaired) electrons. The number of hydrogen-bond donors (Lipinski definition) is 3. The Morgan fingerprint density at radius 2 is 2.62 bits per heavy atom. The number of amides is 1. The van der Waals surface area contributed by atoms with Crippen molar-refractivity contribution in [3.63, 3.8) is 0 Å². The minimum Gasteiger partial charge on any atom is -0.391 e. The molecular weight excluding hydrogens is 172 g/mol. The standard InChI is InChI=1S/C7H12N4O2/c1-2-5(12)3-8-7(13)6-9-4-10-11-6/h4-5,12H,2-3H2,1H3,(H,8,13)(H,9,10,11). The highest BCUT2D eigenvalue weighted by Crippen LogP contribution is 1.89. The highest BCUT2D eigenvalue weighted by atomic mass is 16.3. The SMILES string of the molecule is CCC(O)CNC(=O)c1ncn[nH]1. The Bertz CT molecular complexity index is 259. The topological polar surface area (TPSA) is 90.9 Å². The van der Waals surface area contributed by atoms with E-state index in [-0.39, 0.29) is 18.3 Å². The quantitative estimate of drug-likeness (QED) is 0.577. The third-order valence-electron chi connectivity index (χ3n) is 1.60. The summed E-state index contributed by atoms with van der Waals surface area (Å²) in [6, 6.07) is 0. The lowest BCUT2D eigenvalue weighted by Crippen LogP contribution is -2.32. The average molecular weight is 184 g/mol. The van der Waals surface area contributed by atoms with E-state index in [1.54, 1.807) is 0 Å². The van der Waals surface area contributed by atoms with E-state index in [4.69, 9.17) is 5.11 Å². The maximum absolute atomic E-state index is 11.2. The first kappa shape index (κ1) is 9.66. The van der Waals surface area contributed by atoms with Gasteiger partial charge in [0.25, 0.3) is 5.91 Å². The number of aliphatic hydroxyl groups is 1. The van der Waals surface area contributed by atoms with Gasteiger partial charge in [-0.1, -0.05) is 6.92 Å². The van der Waals surface area contributed by atoms with E-state index >= 15 is 0 Å². The van der Waals surface area contributed by atoms with E-state index in [1.807, 2.05) is 6.92 Å². The van der Waals surface area contributed by atoms with Gasteiger partial charge in [0.2, 0.25) is 5.82 Å². The molecule has 0 spiro atoms. The summed E-state index contributed by atoms with van der Waals surface area (Å²) in [6.07, 6.45) is 1.36. The molecule has 1 unspecified atom stereocenters. The third kappa shape index (κ3) is 2.83. The number of nitrogens with one attached hydrogen (secondary N) is 2. The first-order valence-corrected chi connectivity index (χ1v) is 4.05. The zero-order chi connectivity index (χ0) is 9.68. The van der Waals surface area contributed by atoms with Gasteiger partial charge in [0, 0.05) is 6.54 Å². The largest absolute Gasteiger partial charge is 0.391 e. The predicted octanol–water partition coefficient (Wildman–Crippen LogP) is -0.695. The molecule has 1 amide bonds. The van der Waals surface area contributed by atoms with Gasteiger partial charge < -0.3 is 10.4 Å². The molecule has 1 rings (SSSR count). The zero-order valence-corrected chi connectivity index (χ0v) is 7.32. The number of hydrogen-bond acceptors (Lipinski definition) is 4. The van der Waals surface area contributed by atoms with Crippen LogP contribution < -0.4 is 5.32 Å². The van der Waals surface area contributed by atoms with Gasteiger partial charge in [0.05, 0.1) is 6.10 Å². The van der Waals surface area contributed by atoms with Crippen LogP contribution in [0, 0.1) is 0 Å². The average Bonchev–Trinajstić information content (AvgIpc) is 2.66. The van der Waals surface area contributed by atoms with Crippen molar-refractivity contribution >= 4 is 5.91 Å². The maximum atomic E-state index is 11.2. The van der Waals surface area contributed by atoms with Crippen molar-refractivity contribution in [1.29, 1.82) is 0 Å². The summed E-state index contributed by atoms with van der Waals surface area (Å²) in [5.74, 6) is -0.201. The minimum atomic E-state index is -0.508. The van der Waals surface area contributed by atoms with Gasteiger partial charge in [0.15, 0.2) is 0 Å². The molecule has 6 heteroatoms. The number of aliphatic hydroxyl groups excluding tert-OH is 1. The van der Waals surface area contributed by atoms with Gasteiger partial charge in [-0.05, 0) is 6.42 Å². The number of rotatable bonds is 4. The van der Waals surface area contributed by atoms with Crippen LogP contribution in [0.25, 0.3) is 0 Å². The highest BCUT2D eigenvalue weighted by Gasteiger charge is 2.09. The number of H-pyrrole nitrogens is 1. The fourth-order valence-electron chi connectivity index (χ4n) is 0.753. The molecule has 1 aromatic rings. The first-order chi connectivity index (χ1) is 6.24. The zero-order valence-electron chi connectivity index (χ0n) is 7.32. The second-order valence-electron chi connectivity index (χ2n) is 2.61. The van der Waals surface area contributed by atoms with Crippen LogP contribution in [0.5, 0.6) is 0 Å². The van der Waals surface area contributed by atoms with Gasteiger partial charge in [-0.3, -0.25) is 9.89 Å². The Morgan fingerprint density at radius 3 is 3.15 bits per heavy atom. The van der Waals surface area contributed by atoms with Crippen LogP contribution >= 0.6 is 0 Å². The molecular formula is C7H12N4O2. The molecule has 1 heterocycles. The van der Waals surface area contributed by atoms with E-state index in [1.165, 1.54) is 6.33 Å². The second kappa shape index (κ2) is 4.56. The van der Waals surface area contributed by atoms with Crippen molar-refractivity contribution in [3.05, 3.63) is 12.2 Å². The lowest BCUT2D eigenvalue weighted by molar-refractivity contribution is 0.0904. The van der Waals surface area contributed by atoms with Crippen LogP contribution in [0.2, 0.25) is 0 Å². The number of nitrogens with zero attached hydrogens (tertiary/aromatic N) is 2. The van der Waals surface area contributed by atoms with Crippen molar-refractivity contribution in [2.45, 2.75) is 19.4 Å². The number of carbonyl (C=O) groups excluding carboxylic acids is 1. The van der Waals surface area contributed by atoms with Gasteiger partial charge in [-0.25, -0.2) is 4.98 Å². The molecule has 13 heavy (non-hydrogen) atoms. The first-order valence-electron chi connectivity index (χ1n) is 4.05. The highest BCUT2D eigenvalue weighted by molar-refractivity contribution is 5.90. The summed E-state index contributed by atoms with van der Waals surface area (Å²) in [6.45, 7) is 2.07. The van der Waals surface area contributed by atoms with Gasteiger partial charge in [-0.2, -0.15) is 5.10 Å². The molecule has 0 fully saturated rings. The van der Waals surface area contributed by atoms with Crippen molar-refractivity contribution in [1.82, 2.24) is 20.5 Å². The van der Waals surface area contributed by atoms with Crippen LogP contribution in [0.1, 0.15) is 24.0 Å². The summed E-state index contributed by atoms with van der Waals surface area (Å²) >= 11 is 0. The molecule has 72 valence electrons. The third-order valence-corrected chi connectivity index (χ3v) is 1.60. The molecule has 1 aromatic heterocycles. The van der Waals surface area contributed by atoms with Crippen molar-refractivity contribution in [2.24, 2.45) is 0 Å². The Kier molecular flexibility index (Phi) is 3.39. The molecule has 0 aliphatic heterocycles. The van der Waals surface area contributed by atoms with E-state index in [9.17, 15) is 4.79 Å². The van der Waals surface area contributed by atoms with Crippen molar-refractivity contribution < 1.29 is 9.90 Å². The maximum Gasteiger partial charge on any atom is 0.288 e. The van der Waals surface area contributed by atoms with E-state index in [0.29, 0.717) is 6.42 Å². The number of carbonyl (C=O) groups is 1. The van der Waals surface area contributed by atoms with Crippen LogP contribution in [0.4, 0.5) is 0 Å². The molecule has 1 atom stereocenters. The summed E-state index contributed by atoms with van der Waals surface area (Å²) < 4.78 is 0. The molecule has 0 aliphatic carbocycles.